The predicted molar refractivity (Wildman–Crippen MR) is 56.7 cm³/mol. The van der Waals surface area contributed by atoms with Crippen LogP contribution in [0.1, 0.15) is 5.56 Å². The molecule has 78 valence electrons. The highest BCUT2D eigenvalue weighted by molar-refractivity contribution is 5.59. The maximum absolute atomic E-state index is 13.9. The molecule has 0 bridgehead atoms. The lowest BCUT2D eigenvalue weighted by atomic mass is 10.1. The minimum Gasteiger partial charge on any atom is -0.264 e. The molecule has 0 unspecified atom stereocenters. The Hall–Kier alpha value is -2.28. The highest BCUT2D eigenvalue weighted by Crippen LogP contribution is 2.21. The van der Waals surface area contributed by atoms with Crippen molar-refractivity contribution in [3.63, 3.8) is 0 Å². The molecule has 3 nitrogen and oxygen atoms in total. The Balaban J connectivity index is 2.51. The highest BCUT2D eigenvalue weighted by Gasteiger charge is 2.10. The normalized spacial score (nSPS) is 9.75. The minimum absolute atomic E-state index is 0.0433. The van der Waals surface area contributed by atoms with E-state index >= 15 is 0 Å². The SMILES string of the molecule is N#CCc1ccnc(-c2cccnc2)c1F. The fourth-order valence-corrected chi connectivity index (χ4v) is 1.41. The summed E-state index contributed by atoms with van der Waals surface area (Å²) in [4.78, 5) is 7.87. The average molecular weight is 213 g/mol. The topological polar surface area (TPSA) is 49.6 Å². The van der Waals surface area contributed by atoms with E-state index in [9.17, 15) is 4.39 Å². The maximum Gasteiger partial charge on any atom is 0.153 e. The first-order valence-corrected chi connectivity index (χ1v) is 4.73. The van der Waals surface area contributed by atoms with Crippen LogP contribution < -0.4 is 0 Å². The number of halogens is 1. The summed E-state index contributed by atoms with van der Waals surface area (Å²) in [6.07, 6.45) is 4.70. The van der Waals surface area contributed by atoms with Gasteiger partial charge >= 0.3 is 0 Å². The van der Waals surface area contributed by atoms with Gasteiger partial charge < -0.3 is 0 Å². The standard InChI is InChI=1S/C12H8FN3/c13-11-9(3-5-14)4-7-16-12(11)10-2-1-6-15-8-10/h1-2,4,6-8H,3H2. The van der Waals surface area contributed by atoms with Crippen molar-refractivity contribution in [1.82, 2.24) is 9.97 Å². The van der Waals surface area contributed by atoms with Crippen molar-refractivity contribution in [3.8, 4) is 17.3 Å². The molecule has 0 atom stereocenters. The molecule has 0 aliphatic carbocycles. The van der Waals surface area contributed by atoms with E-state index in [-0.39, 0.29) is 12.1 Å². The third-order valence-electron chi connectivity index (χ3n) is 2.17. The van der Waals surface area contributed by atoms with Crippen molar-refractivity contribution in [2.45, 2.75) is 6.42 Å². The van der Waals surface area contributed by atoms with Crippen LogP contribution in [0.25, 0.3) is 11.3 Å². The van der Waals surface area contributed by atoms with Gasteiger partial charge in [0, 0.05) is 29.7 Å². The first-order valence-electron chi connectivity index (χ1n) is 4.73. The molecule has 0 spiro atoms. The Morgan fingerprint density at radius 1 is 1.31 bits per heavy atom. The van der Waals surface area contributed by atoms with Crippen molar-refractivity contribution in [2.24, 2.45) is 0 Å². The molecule has 0 amide bonds. The van der Waals surface area contributed by atoms with Gasteiger partial charge in [-0.1, -0.05) is 0 Å². The van der Waals surface area contributed by atoms with Gasteiger partial charge in [-0.25, -0.2) is 4.39 Å². The van der Waals surface area contributed by atoms with Gasteiger partial charge in [-0.15, -0.1) is 0 Å². The van der Waals surface area contributed by atoms with E-state index in [1.807, 2.05) is 6.07 Å². The molecule has 0 aliphatic heterocycles. The Morgan fingerprint density at radius 3 is 2.88 bits per heavy atom. The van der Waals surface area contributed by atoms with E-state index in [0.29, 0.717) is 11.1 Å². The van der Waals surface area contributed by atoms with E-state index in [0.717, 1.165) is 0 Å². The van der Waals surface area contributed by atoms with Crippen molar-refractivity contribution >= 4 is 0 Å². The molecule has 0 fully saturated rings. The second-order valence-corrected chi connectivity index (χ2v) is 3.21. The van der Waals surface area contributed by atoms with Crippen molar-refractivity contribution in [1.29, 1.82) is 5.26 Å². The third kappa shape index (κ3) is 1.89. The van der Waals surface area contributed by atoms with Crippen LogP contribution in [0.4, 0.5) is 4.39 Å². The van der Waals surface area contributed by atoms with Gasteiger partial charge in [0.1, 0.15) is 5.69 Å². The molecule has 2 aromatic heterocycles. The van der Waals surface area contributed by atoms with E-state index in [1.165, 1.54) is 12.3 Å². The summed E-state index contributed by atoms with van der Waals surface area (Å²) in [6, 6.07) is 6.88. The van der Waals surface area contributed by atoms with Crippen molar-refractivity contribution in [3.05, 3.63) is 48.2 Å². The van der Waals surface area contributed by atoms with Gasteiger partial charge in [0.2, 0.25) is 0 Å². The van der Waals surface area contributed by atoms with E-state index < -0.39 is 5.82 Å². The van der Waals surface area contributed by atoms with Gasteiger partial charge in [-0.05, 0) is 18.2 Å². The molecule has 2 heterocycles. The van der Waals surface area contributed by atoms with Crippen LogP contribution in [-0.2, 0) is 6.42 Å². The molecule has 0 aromatic carbocycles. The molecule has 2 aromatic rings. The number of hydrogen-bond acceptors (Lipinski definition) is 3. The molecule has 0 N–H and O–H groups in total. The second kappa shape index (κ2) is 4.49. The second-order valence-electron chi connectivity index (χ2n) is 3.21. The number of rotatable bonds is 2. The van der Waals surface area contributed by atoms with Crippen LogP contribution in [0, 0.1) is 17.1 Å². The fraction of sp³-hybridized carbons (Fsp3) is 0.0833. The number of nitrogens with zero attached hydrogens (tertiary/aromatic N) is 3. The summed E-state index contributed by atoms with van der Waals surface area (Å²) < 4.78 is 13.9. The van der Waals surface area contributed by atoms with E-state index in [2.05, 4.69) is 9.97 Å². The van der Waals surface area contributed by atoms with Gasteiger partial charge in [0.05, 0.1) is 12.5 Å². The maximum atomic E-state index is 13.9. The van der Waals surface area contributed by atoms with Crippen LogP contribution in [-0.4, -0.2) is 9.97 Å². The number of aromatic nitrogens is 2. The molecule has 2 rings (SSSR count). The molecule has 0 saturated carbocycles. The quantitative estimate of drug-likeness (QED) is 0.769. The molecular formula is C12H8FN3. The van der Waals surface area contributed by atoms with Gasteiger partial charge in [0.25, 0.3) is 0 Å². The Labute approximate surface area is 92.2 Å². The number of nitriles is 1. The summed E-state index contributed by atoms with van der Waals surface area (Å²) in [5.41, 5.74) is 1.21. The lowest BCUT2D eigenvalue weighted by Crippen LogP contribution is -1.95. The first kappa shape index (κ1) is 10.2. The van der Waals surface area contributed by atoms with Gasteiger partial charge in [-0.3, -0.25) is 9.97 Å². The molecule has 16 heavy (non-hydrogen) atoms. The van der Waals surface area contributed by atoms with Crippen LogP contribution >= 0.6 is 0 Å². The van der Waals surface area contributed by atoms with Crippen LogP contribution in [0.15, 0.2) is 36.8 Å². The van der Waals surface area contributed by atoms with Crippen molar-refractivity contribution < 1.29 is 4.39 Å². The van der Waals surface area contributed by atoms with Crippen LogP contribution in [0.5, 0.6) is 0 Å². The number of hydrogen-bond donors (Lipinski definition) is 0. The van der Waals surface area contributed by atoms with Crippen LogP contribution in [0.2, 0.25) is 0 Å². The van der Waals surface area contributed by atoms with Crippen LogP contribution in [0.3, 0.4) is 0 Å². The molecule has 0 aliphatic rings. The van der Waals surface area contributed by atoms with Gasteiger partial charge in [-0.2, -0.15) is 5.26 Å². The zero-order valence-electron chi connectivity index (χ0n) is 8.39. The smallest absolute Gasteiger partial charge is 0.153 e. The lowest BCUT2D eigenvalue weighted by Gasteiger charge is -2.04. The molecule has 0 saturated heterocycles. The third-order valence-corrected chi connectivity index (χ3v) is 2.17. The highest BCUT2D eigenvalue weighted by atomic mass is 19.1. The minimum atomic E-state index is -0.447. The van der Waals surface area contributed by atoms with E-state index in [1.54, 1.807) is 24.5 Å². The zero-order chi connectivity index (χ0) is 11.4. The first-order chi connectivity index (χ1) is 7.83. The summed E-state index contributed by atoms with van der Waals surface area (Å²) in [7, 11) is 0. The fourth-order valence-electron chi connectivity index (χ4n) is 1.41. The Morgan fingerprint density at radius 2 is 2.19 bits per heavy atom. The Kier molecular flexibility index (Phi) is 2.88. The summed E-state index contributed by atoms with van der Waals surface area (Å²) >= 11 is 0. The average Bonchev–Trinajstić information content (AvgIpc) is 2.33. The van der Waals surface area contributed by atoms with Crippen molar-refractivity contribution in [2.75, 3.05) is 0 Å². The Bertz CT molecular complexity index is 532. The largest absolute Gasteiger partial charge is 0.264 e. The monoisotopic (exact) mass is 213 g/mol. The molecular weight excluding hydrogens is 205 g/mol. The predicted octanol–water partition coefficient (Wildman–Crippen LogP) is 2.35. The molecule has 0 radical (unpaired) electrons. The zero-order valence-corrected chi connectivity index (χ0v) is 8.39. The molecule has 4 heteroatoms. The summed E-state index contributed by atoms with van der Waals surface area (Å²) in [6.45, 7) is 0. The van der Waals surface area contributed by atoms with Gasteiger partial charge in [0.15, 0.2) is 5.82 Å². The van der Waals surface area contributed by atoms with E-state index in [4.69, 9.17) is 5.26 Å². The summed E-state index contributed by atoms with van der Waals surface area (Å²) in [5.74, 6) is -0.447. The lowest BCUT2D eigenvalue weighted by molar-refractivity contribution is 0.613. The summed E-state index contributed by atoms with van der Waals surface area (Å²) in [5, 5.41) is 8.56. The number of pyridine rings is 2.